The molecule has 1 aromatic heterocycles. The van der Waals surface area contributed by atoms with Gasteiger partial charge in [0.25, 0.3) is 0 Å². The van der Waals surface area contributed by atoms with Crippen LogP contribution in [0, 0.1) is 0 Å². The second-order valence-electron chi connectivity index (χ2n) is 3.55. The van der Waals surface area contributed by atoms with Gasteiger partial charge in [-0.2, -0.15) is 0 Å². The van der Waals surface area contributed by atoms with Gasteiger partial charge in [-0.05, 0) is 24.3 Å². The minimum Gasteiger partial charge on any atom is -0.437 e. The largest absolute Gasteiger partial charge is 0.437 e. The van der Waals surface area contributed by atoms with E-state index in [1.54, 1.807) is 18.2 Å². The van der Waals surface area contributed by atoms with Crippen LogP contribution in [0.2, 0.25) is 5.02 Å². The minimum absolute atomic E-state index is 0.0832. The molecule has 0 amide bonds. The van der Waals surface area contributed by atoms with Crippen molar-refractivity contribution in [1.82, 2.24) is 4.98 Å². The number of pyridine rings is 1. The third-order valence-corrected chi connectivity index (χ3v) is 3.85. The predicted octanol–water partition coefficient (Wildman–Crippen LogP) is 2.94. The van der Waals surface area contributed by atoms with E-state index in [-0.39, 0.29) is 10.8 Å². The maximum atomic E-state index is 11.1. The smallest absolute Gasteiger partial charge is 0.239 e. The Hall–Kier alpha value is -1.15. The monoisotopic (exact) mass is 362 g/mol. The molecular formula is C11H8BrClN2O3S. The lowest BCUT2D eigenvalue weighted by molar-refractivity contribution is 0.462. The van der Waals surface area contributed by atoms with Crippen molar-refractivity contribution in [3.8, 4) is 11.6 Å². The van der Waals surface area contributed by atoms with Crippen LogP contribution in [0.3, 0.4) is 0 Å². The highest BCUT2D eigenvalue weighted by Crippen LogP contribution is 2.31. The summed E-state index contributed by atoms with van der Waals surface area (Å²) in [6.45, 7) is 0. The molecule has 8 heteroatoms. The molecule has 0 unspecified atom stereocenters. The highest BCUT2D eigenvalue weighted by molar-refractivity contribution is 9.10. The fraction of sp³-hybridized carbons (Fsp3) is 0. The Balaban J connectivity index is 2.27. The Kier molecular flexibility index (Phi) is 4.10. The molecule has 2 rings (SSSR count). The summed E-state index contributed by atoms with van der Waals surface area (Å²) in [5.74, 6) is 0.624. The predicted molar refractivity (Wildman–Crippen MR) is 74.8 cm³/mol. The van der Waals surface area contributed by atoms with Crippen LogP contribution in [-0.2, 0) is 10.0 Å². The van der Waals surface area contributed by atoms with Crippen molar-refractivity contribution in [2.24, 2.45) is 5.14 Å². The second-order valence-corrected chi connectivity index (χ2v) is 6.44. The third kappa shape index (κ3) is 3.66. The summed E-state index contributed by atoms with van der Waals surface area (Å²) in [4.78, 5) is 3.77. The van der Waals surface area contributed by atoms with Gasteiger partial charge in [-0.25, -0.2) is 18.5 Å². The number of nitrogens with zero attached hydrogens (tertiary/aromatic N) is 1. The van der Waals surface area contributed by atoms with Crippen molar-refractivity contribution < 1.29 is 13.2 Å². The number of hydrogen-bond acceptors (Lipinski definition) is 4. The lowest BCUT2D eigenvalue weighted by Gasteiger charge is -2.07. The molecule has 5 nitrogen and oxygen atoms in total. The maximum Gasteiger partial charge on any atom is 0.239 e. The summed E-state index contributed by atoms with van der Waals surface area (Å²) in [7, 11) is -3.76. The molecule has 0 aliphatic carbocycles. The molecule has 2 N–H and O–H groups in total. The van der Waals surface area contributed by atoms with Gasteiger partial charge in [0.15, 0.2) is 0 Å². The quantitative estimate of drug-likeness (QED) is 0.909. The van der Waals surface area contributed by atoms with Gasteiger partial charge in [-0.15, -0.1) is 0 Å². The zero-order valence-corrected chi connectivity index (χ0v) is 12.5. The molecule has 1 heterocycles. The number of ether oxygens (including phenoxy) is 1. The maximum absolute atomic E-state index is 11.1. The van der Waals surface area contributed by atoms with Crippen molar-refractivity contribution in [3.05, 3.63) is 46.0 Å². The molecule has 0 spiro atoms. The first-order valence-corrected chi connectivity index (χ1v) is 7.70. The summed E-state index contributed by atoms with van der Waals surface area (Å²) in [5.41, 5.74) is 0. The lowest BCUT2D eigenvalue weighted by Crippen LogP contribution is -2.12. The molecule has 0 fully saturated rings. The first-order chi connectivity index (χ1) is 8.86. The van der Waals surface area contributed by atoms with Gasteiger partial charge in [0.1, 0.15) is 10.6 Å². The van der Waals surface area contributed by atoms with Gasteiger partial charge in [0.2, 0.25) is 15.9 Å². The molecule has 0 radical (unpaired) electrons. The van der Waals surface area contributed by atoms with Crippen LogP contribution in [0.15, 0.2) is 45.9 Å². The Bertz CT molecular complexity index is 704. The van der Waals surface area contributed by atoms with E-state index in [1.807, 2.05) is 0 Å². The second kappa shape index (κ2) is 5.46. The van der Waals surface area contributed by atoms with Crippen LogP contribution >= 0.6 is 27.5 Å². The molecule has 100 valence electrons. The first-order valence-electron chi connectivity index (χ1n) is 4.98. The lowest BCUT2D eigenvalue weighted by atomic mass is 10.3. The molecule has 0 aliphatic rings. The van der Waals surface area contributed by atoms with E-state index in [0.717, 1.165) is 10.7 Å². The Morgan fingerprint density at radius 2 is 2.00 bits per heavy atom. The highest BCUT2D eigenvalue weighted by Gasteiger charge is 2.09. The van der Waals surface area contributed by atoms with Gasteiger partial charge >= 0.3 is 0 Å². The van der Waals surface area contributed by atoms with Crippen molar-refractivity contribution >= 4 is 37.6 Å². The number of halogens is 2. The SMILES string of the molecule is NS(=O)(=O)c1ccc(Oc2cc(Br)ccc2Cl)nc1. The minimum atomic E-state index is -3.76. The fourth-order valence-corrected chi connectivity index (χ4v) is 2.22. The van der Waals surface area contributed by atoms with Crippen LogP contribution in [0.1, 0.15) is 0 Å². The van der Waals surface area contributed by atoms with Crippen LogP contribution in [-0.4, -0.2) is 13.4 Å². The summed E-state index contributed by atoms with van der Waals surface area (Å²) in [5, 5.41) is 5.38. The van der Waals surface area contributed by atoms with Crippen LogP contribution in [0.4, 0.5) is 0 Å². The number of primary sulfonamides is 1. The van der Waals surface area contributed by atoms with E-state index in [4.69, 9.17) is 21.5 Å². The van der Waals surface area contributed by atoms with E-state index in [9.17, 15) is 8.42 Å². The van der Waals surface area contributed by atoms with Crippen molar-refractivity contribution in [2.45, 2.75) is 4.90 Å². The number of benzene rings is 1. The number of rotatable bonds is 3. The molecule has 1 aromatic carbocycles. The summed E-state index contributed by atoms with van der Waals surface area (Å²) < 4.78 is 28.4. The average molecular weight is 364 g/mol. The fourth-order valence-electron chi connectivity index (χ4n) is 1.26. The topological polar surface area (TPSA) is 82.3 Å². The van der Waals surface area contributed by atoms with Crippen molar-refractivity contribution in [3.63, 3.8) is 0 Å². The number of nitrogens with two attached hydrogens (primary N) is 1. The normalized spacial score (nSPS) is 11.3. The molecular weight excluding hydrogens is 356 g/mol. The standard InChI is InChI=1S/C11H8BrClN2O3S/c12-7-1-3-9(13)10(5-7)18-11-4-2-8(6-15-11)19(14,16)17/h1-6H,(H2,14,16,17). The zero-order chi connectivity index (χ0) is 14.0. The van der Waals surface area contributed by atoms with Gasteiger partial charge in [0.05, 0.1) is 11.2 Å². The van der Waals surface area contributed by atoms with Gasteiger partial charge in [0, 0.05) is 10.5 Å². The average Bonchev–Trinajstić information content (AvgIpc) is 2.33. The summed E-state index contributed by atoms with van der Waals surface area (Å²) >= 11 is 9.25. The molecule has 2 aromatic rings. The van der Waals surface area contributed by atoms with Gasteiger partial charge in [-0.1, -0.05) is 27.5 Å². The van der Waals surface area contributed by atoms with E-state index in [2.05, 4.69) is 20.9 Å². The van der Waals surface area contributed by atoms with E-state index < -0.39 is 10.0 Å². The number of sulfonamides is 1. The molecule has 0 saturated heterocycles. The van der Waals surface area contributed by atoms with Gasteiger partial charge in [-0.3, -0.25) is 0 Å². The Morgan fingerprint density at radius 3 is 2.58 bits per heavy atom. The van der Waals surface area contributed by atoms with E-state index in [1.165, 1.54) is 12.1 Å². The molecule has 19 heavy (non-hydrogen) atoms. The van der Waals surface area contributed by atoms with Crippen LogP contribution in [0.5, 0.6) is 11.6 Å². The van der Waals surface area contributed by atoms with Crippen LogP contribution < -0.4 is 9.88 Å². The molecule has 0 aliphatic heterocycles. The number of aromatic nitrogens is 1. The zero-order valence-electron chi connectivity index (χ0n) is 9.38. The van der Waals surface area contributed by atoms with E-state index >= 15 is 0 Å². The molecule has 0 atom stereocenters. The first kappa shape index (κ1) is 14.3. The van der Waals surface area contributed by atoms with Gasteiger partial charge < -0.3 is 4.74 Å². The molecule has 0 saturated carbocycles. The Labute approximate surface area is 123 Å². The third-order valence-electron chi connectivity index (χ3n) is 2.15. The van der Waals surface area contributed by atoms with Crippen LogP contribution in [0.25, 0.3) is 0 Å². The number of hydrogen-bond donors (Lipinski definition) is 1. The van der Waals surface area contributed by atoms with E-state index in [0.29, 0.717) is 10.8 Å². The molecule has 0 bridgehead atoms. The van der Waals surface area contributed by atoms with Crippen molar-refractivity contribution in [1.29, 1.82) is 0 Å². The van der Waals surface area contributed by atoms with Crippen molar-refractivity contribution in [2.75, 3.05) is 0 Å². The highest BCUT2D eigenvalue weighted by atomic mass is 79.9. The Morgan fingerprint density at radius 1 is 1.26 bits per heavy atom. The summed E-state index contributed by atoms with van der Waals surface area (Å²) in [6, 6.07) is 7.82. The summed E-state index contributed by atoms with van der Waals surface area (Å²) in [6.07, 6.45) is 1.12.